The smallest absolute Gasteiger partial charge is 0.257 e. The topological polar surface area (TPSA) is 248 Å². The molecule has 0 aromatic rings. The summed E-state index contributed by atoms with van der Waals surface area (Å²) in [7, 11) is 0. The van der Waals surface area contributed by atoms with Gasteiger partial charge in [-0.2, -0.15) is 0 Å². The zero-order chi connectivity index (χ0) is 22.2. The van der Waals surface area contributed by atoms with Gasteiger partial charge in [0.2, 0.25) is 5.12 Å². The van der Waals surface area contributed by atoms with Gasteiger partial charge in [0.15, 0.2) is 12.2 Å². The molecule has 0 bridgehead atoms. The number of amides is 1. The van der Waals surface area contributed by atoms with Crippen molar-refractivity contribution in [2.45, 2.75) is 48.8 Å². The van der Waals surface area contributed by atoms with Crippen LogP contribution in [0.2, 0.25) is 0 Å². The maximum absolute atomic E-state index is 11.8. The highest BCUT2D eigenvalue weighted by Crippen LogP contribution is 2.14. The molecule has 15 heteroatoms. The summed E-state index contributed by atoms with van der Waals surface area (Å²) >= 11 is 4.62. The number of nitrogens with one attached hydrogen (secondary N) is 1. The molecular weight excluding hydrogens is 426 g/mol. The van der Waals surface area contributed by atoms with E-state index in [9.17, 15) is 40.2 Å². The molecule has 8 atom stereocenters. The van der Waals surface area contributed by atoms with Gasteiger partial charge in [0.1, 0.15) is 40.9 Å². The number of thiocarbonyl (C=S) groups is 1. The number of thioether (sulfide) groups is 1. The first-order chi connectivity index (χ1) is 12.9. The summed E-state index contributed by atoms with van der Waals surface area (Å²) in [6.07, 6.45) is -16.8. The fourth-order valence-corrected chi connectivity index (χ4v) is 2.63. The lowest BCUT2D eigenvalue weighted by Gasteiger charge is -2.25. The molecule has 0 aliphatic heterocycles. The molecule has 11 N–H and O–H groups in total. The summed E-state index contributed by atoms with van der Waals surface area (Å²) in [4.78, 5) is 23.5. The van der Waals surface area contributed by atoms with Crippen molar-refractivity contribution in [2.24, 2.45) is 0 Å². The zero-order valence-electron chi connectivity index (χ0n) is 14.1. The Morgan fingerprint density at radius 2 is 1.14 bits per heavy atom. The van der Waals surface area contributed by atoms with Crippen molar-refractivity contribution in [3.8, 4) is 0 Å². The van der Waals surface area contributed by atoms with Gasteiger partial charge in [-0.3, -0.25) is 9.59 Å². The van der Waals surface area contributed by atoms with E-state index in [0.717, 1.165) is 0 Å². The van der Waals surface area contributed by atoms with Crippen LogP contribution in [0.4, 0.5) is 0 Å². The number of aliphatic hydroxyl groups excluding tert-OH is 10. The Morgan fingerprint density at radius 1 is 0.750 bits per heavy atom. The molecule has 28 heavy (non-hydrogen) atoms. The molecule has 13 nitrogen and oxygen atoms in total. The molecule has 164 valence electrons. The van der Waals surface area contributed by atoms with E-state index in [4.69, 9.17) is 20.4 Å². The van der Waals surface area contributed by atoms with Crippen LogP contribution in [-0.2, 0) is 9.59 Å². The minimum absolute atomic E-state index is 0.000135. The molecule has 0 radical (unpaired) electrons. The van der Waals surface area contributed by atoms with E-state index < -0.39 is 77.4 Å². The Morgan fingerprint density at radius 3 is 1.54 bits per heavy atom. The van der Waals surface area contributed by atoms with Crippen LogP contribution in [0.5, 0.6) is 0 Å². The molecule has 0 unspecified atom stereocenters. The molecule has 1 amide bonds. The average molecular weight is 449 g/mol. The van der Waals surface area contributed by atoms with E-state index in [0.29, 0.717) is 0 Å². The van der Waals surface area contributed by atoms with Crippen LogP contribution in [-0.4, -0.2) is 128 Å². The normalized spacial score (nSPS) is 20.2. The van der Waals surface area contributed by atoms with Crippen LogP contribution in [0, 0.1) is 0 Å². The lowest BCUT2D eigenvalue weighted by Crippen LogP contribution is -2.52. The predicted molar refractivity (Wildman–Crippen MR) is 95.6 cm³/mol. The number of hydrogen-bond donors (Lipinski definition) is 11. The van der Waals surface area contributed by atoms with Crippen LogP contribution >= 0.6 is 24.0 Å². The van der Waals surface area contributed by atoms with Gasteiger partial charge in [-0.15, -0.1) is 0 Å². The lowest BCUT2D eigenvalue weighted by molar-refractivity contribution is -0.147. The van der Waals surface area contributed by atoms with Crippen molar-refractivity contribution in [1.29, 1.82) is 0 Å². The monoisotopic (exact) mass is 449 g/mol. The third-order valence-corrected chi connectivity index (χ3v) is 4.52. The Bertz CT molecular complexity index is 494. The van der Waals surface area contributed by atoms with E-state index in [1.54, 1.807) is 5.32 Å². The third-order valence-electron chi connectivity index (χ3n) is 3.44. The van der Waals surface area contributed by atoms with Crippen molar-refractivity contribution in [3.63, 3.8) is 0 Å². The number of rotatable bonds is 10. The number of carbonyl (C=O) groups excluding carboxylic acids is 2. The lowest BCUT2D eigenvalue weighted by atomic mass is 10.0. The van der Waals surface area contributed by atoms with Gasteiger partial charge in [0.05, 0.1) is 13.2 Å². The quantitative estimate of drug-likeness (QED) is 0.139. The van der Waals surface area contributed by atoms with Crippen molar-refractivity contribution >= 4 is 39.3 Å². The molecule has 0 aromatic carbocycles. The SMILES string of the molecule is O=C(NC(=S)SC(=O)[C@H](O)[C@@H](O)[C@H](O)[C@H](O)CO)[C@H](O)[C@@H](O)[C@H](O)[C@H](O)CO. The number of hydrogen-bond acceptors (Lipinski definition) is 14. The van der Waals surface area contributed by atoms with E-state index in [-0.39, 0.29) is 11.8 Å². The summed E-state index contributed by atoms with van der Waals surface area (Å²) in [5.74, 6) is -1.40. The van der Waals surface area contributed by atoms with Crippen molar-refractivity contribution < 1.29 is 60.7 Å². The fraction of sp³-hybridized carbons (Fsp3) is 0.769. The molecule has 0 rings (SSSR count). The first-order valence-corrected chi connectivity index (χ1v) is 8.84. The van der Waals surface area contributed by atoms with Gasteiger partial charge in [-0.05, 0) is 11.8 Å². The maximum atomic E-state index is 11.8. The van der Waals surface area contributed by atoms with E-state index >= 15 is 0 Å². The second kappa shape index (κ2) is 12.7. The minimum atomic E-state index is -2.32. The highest BCUT2D eigenvalue weighted by molar-refractivity contribution is 8.32. The van der Waals surface area contributed by atoms with Gasteiger partial charge >= 0.3 is 0 Å². The highest BCUT2D eigenvalue weighted by atomic mass is 32.2. The van der Waals surface area contributed by atoms with Gasteiger partial charge in [0, 0.05) is 0 Å². The third kappa shape index (κ3) is 7.90. The maximum Gasteiger partial charge on any atom is 0.257 e. The molecule has 0 aliphatic rings. The largest absolute Gasteiger partial charge is 0.394 e. The van der Waals surface area contributed by atoms with E-state index in [1.807, 2.05) is 0 Å². The molecule has 0 aromatic heterocycles. The average Bonchev–Trinajstić information content (AvgIpc) is 2.68. The standard InChI is InChI=1S/C13H23NO12S2/c15-1-3(17)5(19)7(21)9(23)11(25)14-13(27)28-12(26)10(24)8(22)6(20)4(18)2-16/h3-10,15-24H,1-2H2,(H,14,25,27)/t3-,4-,5-,6-,7+,8+,9-,10-/m1/s1. The number of carbonyl (C=O) groups is 2. The van der Waals surface area contributed by atoms with Crippen molar-refractivity contribution in [3.05, 3.63) is 0 Å². The van der Waals surface area contributed by atoms with Crippen LogP contribution < -0.4 is 5.32 Å². The molecule has 0 heterocycles. The summed E-state index contributed by atoms with van der Waals surface area (Å²) in [5.41, 5.74) is 0. The highest BCUT2D eigenvalue weighted by Gasteiger charge is 2.36. The summed E-state index contributed by atoms with van der Waals surface area (Å²) in [6, 6.07) is 0. The van der Waals surface area contributed by atoms with Crippen molar-refractivity contribution in [2.75, 3.05) is 13.2 Å². The molecule has 0 aliphatic carbocycles. The first-order valence-electron chi connectivity index (χ1n) is 7.61. The molecular formula is C13H23NO12S2. The molecule has 0 spiro atoms. The van der Waals surface area contributed by atoms with Gasteiger partial charge < -0.3 is 56.4 Å². The Balaban J connectivity index is 4.74. The summed E-state index contributed by atoms with van der Waals surface area (Å²) in [6.45, 7) is -1.93. The second-order valence-corrected chi connectivity index (χ2v) is 7.23. The fourth-order valence-electron chi connectivity index (χ4n) is 1.69. The molecule has 0 saturated carbocycles. The Labute approximate surface area is 167 Å². The summed E-state index contributed by atoms with van der Waals surface area (Å²) in [5, 5.41) is 93.3. The zero-order valence-corrected chi connectivity index (χ0v) is 15.8. The predicted octanol–water partition coefficient (Wildman–Crippen LogP) is -6.48. The second-order valence-electron chi connectivity index (χ2n) is 5.55. The van der Waals surface area contributed by atoms with Crippen LogP contribution in [0.3, 0.4) is 0 Å². The van der Waals surface area contributed by atoms with E-state index in [2.05, 4.69) is 12.2 Å². The first kappa shape index (κ1) is 27.2. The summed E-state index contributed by atoms with van der Waals surface area (Å²) < 4.78 is -0.651. The van der Waals surface area contributed by atoms with Crippen LogP contribution in [0.1, 0.15) is 0 Å². The van der Waals surface area contributed by atoms with Crippen molar-refractivity contribution in [1.82, 2.24) is 5.32 Å². The van der Waals surface area contributed by atoms with Crippen LogP contribution in [0.25, 0.3) is 0 Å². The number of aliphatic hydroxyl groups is 10. The van der Waals surface area contributed by atoms with Gasteiger partial charge in [-0.1, -0.05) is 12.2 Å². The van der Waals surface area contributed by atoms with Gasteiger partial charge in [0.25, 0.3) is 5.91 Å². The molecule has 0 fully saturated rings. The van der Waals surface area contributed by atoms with Gasteiger partial charge in [-0.25, -0.2) is 0 Å². The van der Waals surface area contributed by atoms with Crippen LogP contribution in [0.15, 0.2) is 0 Å². The Hall–Kier alpha value is -0.820. The Kier molecular flexibility index (Phi) is 12.3. The van der Waals surface area contributed by atoms with E-state index in [1.165, 1.54) is 0 Å². The molecule has 0 saturated heterocycles. The minimum Gasteiger partial charge on any atom is -0.394 e.